The van der Waals surface area contributed by atoms with Gasteiger partial charge in [-0.05, 0) is 31.2 Å². The van der Waals surface area contributed by atoms with E-state index in [9.17, 15) is 27.4 Å². The van der Waals surface area contributed by atoms with Crippen molar-refractivity contribution < 1.29 is 32.1 Å². The Hall–Kier alpha value is -2.54. The summed E-state index contributed by atoms with van der Waals surface area (Å²) < 4.78 is 38.6. The highest BCUT2D eigenvalue weighted by atomic mass is 32.2. The second-order valence-electron chi connectivity index (χ2n) is 8.93. The minimum absolute atomic E-state index is 0.0444. The molecule has 9 nitrogen and oxygen atoms in total. The van der Waals surface area contributed by atoms with Crippen LogP contribution in [0.25, 0.3) is 0 Å². The van der Waals surface area contributed by atoms with Crippen LogP contribution in [-0.2, 0) is 35.8 Å². The van der Waals surface area contributed by atoms with E-state index in [1.54, 1.807) is 24.5 Å². The summed E-state index contributed by atoms with van der Waals surface area (Å²) in [5.74, 6) is -2.12. The Kier molecular flexibility index (Phi) is 7.17. The van der Waals surface area contributed by atoms with Crippen LogP contribution in [0.3, 0.4) is 0 Å². The number of nitrogens with one attached hydrogen (secondary N) is 1. The van der Waals surface area contributed by atoms with Crippen molar-refractivity contribution in [2.24, 2.45) is 0 Å². The SMILES string of the molecule is CS[C@@]1(C(=O)OCc2ccccc2)N2C(=O)[C@H](NC(=O)[C@@H](c3ccccc3)S(=O)(=O)O)[C@H]2SC1(C)C. The highest BCUT2D eigenvalue weighted by molar-refractivity contribution is 8.06. The fourth-order valence-corrected chi connectivity index (χ4v) is 8.68. The van der Waals surface area contributed by atoms with Crippen molar-refractivity contribution in [3.05, 3.63) is 71.8 Å². The number of ether oxygens (including phenoxy) is 1. The summed E-state index contributed by atoms with van der Waals surface area (Å²) in [6.45, 7) is 3.70. The first-order valence-corrected chi connectivity index (χ1v) is 14.6. The molecule has 2 aliphatic rings. The Morgan fingerprint density at radius 3 is 2.28 bits per heavy atom. The van der Waals surface area contributed by atoms with Crippen LogP contribution in [0.5, 0.6) is 0 Å². The fourth-order valence-electron chi connectivity index (χ4n) is 4.63. The van der Waals surface area contributed by atoms with E-state index in [4.69, 9.17) is 4.74 Å². The smallest absolute Gasteiger partial charge is 0.344 e. The highest BCUT2D eigenvalue weighted by Gasteiger charge is 2.73. The molecule has 0 aliphatic carbocycles. The van der Waals surface area contributed by atoms with Gasteiger partial charge in [0.1, 0.15) is 18.0 Å². The van der Waals surface area contributed by atoms with E-state index in [1.807, 2.05) is 44.2 Å². The molecular formula is C24H26N2O7S3. The summed E-state index contributed by atoms with van der Waals surface area (Å²) in [6, 6.07) is 15.7. The normalized spacial score (nSPS) is 25.4. The Labute approximate surface area is 218 Å². The standard InChI is InChI=1S/C24H26N2O7S3/c1-23(2)24(34-3,22(29)33-14-15-10-6-4-7-11-15)26-20(28)17(21(26)35-23)25-19(27)18(36(30,31)32)16-12-8-5-9-13-16/h4-13,17-18,21H,14H2,1-3H3,(H,25,27)(H,30,31,32)/t17-,18+,21+,24+/m0/s1. The number of benzene rings is 2. The molecule has 2 aromatic carbocycles. The Morgan fingerprint density at radius 2 is 1.72 bits per heavy atom. The number of carbonyl (C=O) groups excluding carboxylic acids is 3. The maximum absolute atomic E-state index is 13.4. The minimum Gasteiger partial charge on any atom is -0.458 e. The molecule has 4 rings (SSSR count). The minimum atomic E-state index is -4.81. The maximum Gasteiger partial charge on any atom is 0.344 e. The molecule has 2 amide bonds. The van der Waals surface area contributed by atoms with Crippen molar-refractivity contribution in [2.45, 2.75) is 46.7 Å². The summed E-state index contributed by atoms with van der Waals surface area (Å²) in [5.41, 5.74) is 0.878. The number of rotatable bonds is 8. The second-order valence-corrected chi connectivity index (χ2v) is 13.2. The summed E-state index contributed by atoms with van der Waals surface area (Å²) in [5, 5.41) is -0.0197. The lowest BCUT2D eigenvalue weighted by molar-refractivity contribution is -0.168. The second kappa shape index (κ2) is 9.73. The van der Waals surface area contributed by atoms with Crippen molar-refractivity contribution in [3.63, 3.8) is 0 Å². The molecule has 2 heterocycles. The molecule has 2 aromatic rings. The van der Waals surface area contributed by atoms with E-state index in [0.717, 1.165) is 5.56 Å². The predicted molar refractivity (Wildman–Crippen MR) is 137 cm³/mol. The topological polar surface area (TPSA) is 130 Å². The average molecular weight is 551 g/mol. The number of fused-ring (bicyclic) bond motifs is 1. The average Bonchev–Trinajstić information content (AvgIpc) is 3.06. The molecule has 2 N–H and O–H groups in total. The molecule has 0 aromatic heterocycles. The molecule has 12 heteroatoms. The molecule has 0 bridgehead atoms. The zero-order valence-corrected chi connectivity index (χ0v) is 22.2. The number of amides is 2. The number of nitrogens with zero attached hydrogens (tertiary/aromatic N) is 1. The van der Waals surface area contributed by atoms with Crippen LogP contribution in [0.4, 0.5) is 0 Å². The van der Waals surface area contributed by atoms with Crippen molar-refractivity contribution in [2.75, 3.05) is 6.26 Å². The van der Waals surface area contributed by atoms with Gasteiger partial charge in [-0.3, -0.25) is 14.1 Å². The Balaban J connectivity index is 1.55. The van der Waals surface area contributed by atoms with E-state index < -0.39 is 54.2 Å². The van der Waals surface area contributed by atoms with E-state index in [2.05, 4.69) is 5.32 Å². The molecule has 36 heavy (non-hydrogen) atoms. The van der Waals surface area contributed by atoms with Gasteiger partial charge in [0, 0.05) is 0 Å². The highest BCUT2D eigenvalue weighted by Crippen LogP contribution is 2.61. The number of carbonyl (C=O) groups is 3. The zero-order valence-electron chi connectivity index (χ0n) is 19.8. The van der Waals surface area contributed by atoms with Gasteiger partial charge >= 0.3 is 5.97 Å². The van der Waals surface area contributed by atoms with Gasteiger partial charge in [-0.15, -0.1) is 23.5 Å². The van der Waals surface area contributed by atoms with Crippen LogP contribution in [0.2, 0.25) is 0 Å². The van der Waals surface area contributed by atoms with Crippen LogP contribution < -0.4 is 5.32 Å². The van der Waals surface area contributed by atoms with Crippen molar-refractivity contribution in [3.8, 4) is 0 Å². The first-order valence-electron chi connectivity index (χ1n) is 11.0. The van der Waals surface area contributed by atoms with Gasteiger partial charge in [-0.2, -0.15) is 8.42 Å². The van der Waals surface area contributed by atoms with Gasteiger partial charge in [-0.1, -0.05) is 60.7 Å². The molecule has 2 fully saturated rings. The van der Waals surface area contributed by atoms with Crippen LogP contribution in [-0.4, -0.2) is 62.9 Å². The summed E-state index contributed by atoms with van der Waals surface area (Å²) in [4.78, 5) is 39.8. The summed E-state index contributed by atoms with van der Waals surface area (Å²) in [7, 11) is -4.81. The number of hydrogen-bond acceptors (Lipinski definition) is 8. The largest absolute Gasteiger partial charge is 0.458 e. The molecule has 0 radical (unpaired) electrons. The van der Waals surface area contributed by atoms with Gasteiger partial charge in [0.25, 0.3) is 16.0 Å². The lowest BCUT2D eigenvalue weighted by Gasteiger charge is -2.49. The van der Waals surface area contributed by atoms with Crippen molar-refractivity contribution >= 4 is 51.4 Å². The third-order valence-corrected chi connectivity index (χ3v) is 10.6. The molecule has 2 aliphatic heterocycles. The van der Waals surface area contributed by atoms with Crippen LogP contribution in [0.15, 0.2) is 60.7 Å². The number of β-lactam (4-membered cyclic amide) rings is 1. The zero-order chi connectivity index (χ0) is 26.3. The van der Waals surface area contributed by atoms with Gasteiger partial charge in [-0.25, -0.2) is 4.79 Å². The quantitative estimate of drug-likeness (QED) is 0.289. The molecule has 192 valence electrons. The molecule has 0 saturated carbocycles. The van der Waals surface area contributed by atoms with Gasteiger partial charge in [0.05, 0.1) is 4.75 Å². The van der Waals surface area contributed by atoms with Crippen molar-refractivity contribution in [1.29, 1.82) is 0 Å². The van der Waals surface area contributed by atoms with E-state index in [-0.39, 0.29) is 12.2 Å². The predicted octanol–water partition coefficient (Wildman–Crippen LogP) is 2.60. The first kappa shape index (κ1) is 26.5. The molecular weight excluding hydrogens is 524 g/mol. The number of hydrogen-bond donors (Lipinski definition) is 2. The van der Waals surface area contributed by atoms with Crippen LogP contribution >= 0.6 is 23.5 Å². The van der Waals surface area contributed by atoms with Gasteiger partial charge in [0.2, 0.25) is 10.8 Å². The van der Waals surface area contributed by atoms with Crippen molar-refractivity contribution in [1.82, 2.24) is 10.2 Å². The molecule has 0 spiro atoms. The van der Waals surface area contributed by atoms with E-state index >= 15 is 0 Å². The number of esters is 1. The molecule has 0 unspecified atom stereocenters. The Morgan fingerprint density at radius 1 is 1.14 bits per heavy atom. The Bertz CT molecular complexity index is 1270. The lowest BCUT2D eigenvalue weighted by atomic mass is 9.94. The monoisotopic (exact) mass is 550 g/mol. The van der Waals surface area contributed by atoms with Crippen LogP contribution in [0.1, 0.15) is 30.2 Å². The first-order chi connectivity index (χ1) is 16.9. The lowest BCUT2D eigenvalue weighted by Crippen LogP contribution is -2.74. The third kappa shape index (κ3) is 4.40. The summed E-state index contributed by atoms with van der Waals surface area (Å²) >= 11 is 2.51. The molecule has 4 atom stereocenters. The fraction of sp³-hybridized carbons (Fsp3) is 0.375. The van der Waals surface area contributed by atoms with Crippen LogP contribution in [0, 0.1) is 0 Å². The van der Waals surface area contributed by atoms with Gasteiger partial charge < -0.3 is 15.0 Å². The number of thioether (sulfide) groups is 2. The summed E-state index contributed by atoms with van der Waals surface area (Å²) in [6.07, 6.45) is 1.72. The molecule has 2 saturated heterocycles. The third-order valence-electron chi connectivity index (χ3n) is 6.33. The van der Waals surface area contributed by atoms with Gasteiger partial charge in [0.15, 0.2) is 5.25 Å². The van der Waals surface area contributed by atoms with E-state index in [0.29, 0.717) is 0 Å². The van der Waals surface area contributed by atoms with E-state index in [1.165, 1.54) is 40.6 Å². The maximum atomic E-state index is 13.4.